The average molecular weight is 231 g/mol. The van der Waals surface area contributed by atoms with Crippen LogP contribution in [0.3, 0.4) is 0 Å². The van der Waals surface area contributed by atoms with Crippen molar-refractivity contribution in [2.24, 2.45) is 0 Å². The van der Waals surface area contributed by atoms with Gasteiger partial charge in [0.25, 0.3) is 0 Å². The molecule has 0 radical (unpaired) electrons. The largest absolute Gasteiger partial charge is 0.379 e. The van der Waals surface area contributed by atoms with Crippen LogP contribution in [0.5, 0.6) is 0 Å². The molecular formula is C15H21NO. The molecule has 0 N–H and O–H groups in total. The number of nitrogens with zero attached hydrogens (tertiary/aromatic N) is 1. The first-order valence-electron chi connectivity index (χ1n) is 6.12. The molecule has 2 heteroatoms. The van der Waals surface area contributed by atoms with E-state index in [2.05, 4.69) is 55.8 Å². The Morgan fingerprint density at radius 2 is 2.00 bits per heavy atom. The molecule has 0 fully saturated rings. The zero-order chi connectivity index (χ0) is 12.5. The highest BCUT2D eigenvalue weighted by molar-refractivity contribution is 5.80. The van der Waals surface area contributed by atoms with Gasteiger partial charge >= 0.3 is 0 Å². The number of rotatable bonds is 4. The van der Waals surface area contributed by atoms with Gasteiger partial charge in [-0.2, -0.15) is 0 Å². The SMILES string of the molecule is COC(C)(C)CCn1ccc2cc(C)ccc21. The summed E-state index contributed by atoms with van der Waals surface area (Å²) in [5.41, 5.74) is 2.57. The normalized spacial score (nSPS) is 12.2. The Hall–Kier alpha value is -1.28. The second-order valence-electron chi connectivity index (χ2n) is 5.29. The van der Waals surface area contributed by atoms with Crippen LogP contribution < -0.4 is 0 Å². The molecule has 2 aromatic rings. The van der Waals surface area contributed by atoms with E-state index in [-0.39, 0.29) is 5.60 Å². The van der Waals surface area contributed by atoms with Gasteiger partial charge in [0, 0.05) is 25.4 Å². The van der Waals surface area contributed by atoms with Crippen LogP contribution in [0.2, 0.25) is 0 Å². The van der Waals surface area contributed by atoms with Gasteiger partial charge in [0.1, 0.15) is 0 Å². The molecule has 0 amide bonds. The molecule has 2 rings (SSSR count). The molecule has 0 bridgehead atoms. The van der Waals surface area contributed by atoms with Crippen molar-refractivity contribution in [3.05, 3.63) is 36.0 Å². The number of aryl methyl sites for hydroxylation is 2. The number of benzene rings is 1. The van der Waals surface area contributed by atoms with Crippen molar-refractivity contribution in [1.29, 1.82) is 0 Å². The fourth-order valence-corrected chi connectivity index (χ4v) is 2.01. The summed E-state index contributed by atoms with van der Waals surface area (Å²) >= 11 is 0. The fraction of sp³-hybridized carbons (Fsp3) is 0.467. The van der Waals surface area contributed by atoms with Gasteiger partial charge in [0.05, 0.1) is 5.60 Å². The quantitative estimate of drug-likeness (QED) is 0.781. The van der Waals surface area contributed by atoms with E-state index in [9.17, 15) is 0 Å². The van der Waals surface area contributed by atoms with Crippen molar-refractivity contribution in [3.8, 4) is 0 Å². The highest BCUT2D eigenvalue weighted by Gasteiger charge is 2.16. The lowest BCUT2D eigenvalue weighted by molar-refractivity contribution is 0.0123. The van der Waals surface area contributed by atoms with Gasteiger partial charge in [-0.3, -0.25) is 0 Å². The van der Waals surface area contributed by atoms with Gasteiger partial charge < -0.3 is 9.30 Å². The monoisotopic (exact) mass is 231 g/mol. The second kappa shape index (κ2) is 4.53. The third-order valence-corrected chi connectivity index (χ3v) is 3.43. The fourth-order valence-electron chi connectivity index (χ4n) is 2.01. The zero-order valence-corrected chi connectivity index (χ0v) is 11.2. The van der Waals surface area contributed by atoms with E-state index in [0.717, 1.165) is 13.0 Å². The van der Waals surface area contributed by atoms with Gasteiger partial charge in [-0.25, -0.2) is 0 Å². The molecule has 17 heavy (non-hydrogen) atoms. The van der Waals surface area contributed by atoms with Crippen LogP contribution >= 0.6 is 0 Å². The molecule has 1 heterocycles. The number of hydrogen-bond donors (Lipinski definition) is 0. The summed E-state index contributed by atoms with van der Waals surface area (Å²) in [6.45, 7) is 7.38. The number of methoxy groups -OCH3 is 1. The minimum Gasteiger partial charge on any atom is -0.379 e. The summed E-state index contributed by atoms with van der Waals surface area (Å²) in [5.74, 6) is 0. The molecular weight excluding hydrogens is 210 g/mol. The molecule has 0 spiro atoms. The zero-order valence-electron chi connectivity index (χ0n) is 11.2. The first kappa shape index (κ1) is 12.2. The van der Waals surface area contributed by atoms with Gasteiger partial charge in [0.2, 0.25) is 0 Å². The van der Waals surface area contributed by atoms with Crippen LogP contribution in [0.25, 0.3) is 10.9 Å². The van der Waals surface area contributed by atoms with Crippen LogP contribution in [0.4, 0.5) is 0 Å². The maximum Gasteiger partial charge on any atom is 0.0639 e. The molecule has 0 saturated carbocycles. The first-order valence-corrected chi connectivity index (χ1v) is 6.12. The van der Waals surface area contributed by atoms with Crippen molar-refractivity contribution in [2.75, 3.05) is 7.11 Å². The van der Waals surface area contributed by atoms with Crippen molar-refractivity contribution in [1.82, 2.24) is 4.57 Å². The molecule has 0 aliphatic heterocycles. The minimum absolute atomic E-state index is 0.0543. The third-order valence-electron chi connectivity index (χ3n) is 3.43. The van der Waals surface area contributed by atoms with Gasteiger partial charge in [0.15, 0.2) is 0 Å². The van der Waals surface area contributed by atoms with Gasteiger partial charge in [-0.1, -0.05) is 11.6 Å². The van der Waals surface area contributed by atoms with Gasteiger partial charge in [-0.05, 0) is 50.8 Å². The smallest absolute Gasteiger partial charge is 0.0639 e. The van der Waals surface area contributed by atoms with Crippen LogP contribution in [0.15, 0.2) is 30.5 Å². The van der Waals surface area contributed by atoms with Crippen LogP contribution in [0, 0.1) is 6.92 Å². The Morgan fingerprint density at radius 3 is 2.71 bits per heavy atom. The van der Waals surface area contributed by atoms with Crippen molar-refractivity contribution >= 4 is 10.9 Å². The molecule has 1 aromatic carbocycles. The topological polar surface area (TPSA) is 14.2 Å². The first-order chi connectivity index (χ1) is 8.02. The average Bonchev–Trinajstić information content (AvgIpc) is 2.69. The summed E-state index contributed by atoms with van der Waals surface area (Å²) in [6, 6.07) is 8.78. The Labute approximate surface area is 103 Å². The highest BCUT2D eigenvalue weighted by atomic mass is 16.5. The van der Waals surface area contributed by atoms with E-state index in [4.69, 9.17) is 4.74 Å². The van der Waals surface area contributed by atoms with E-state index < -0.39 is 0 Å². The van der Waals surface area contributed by atoms with E-state index >= 15 is 0 Å². The summed E-state index contributed by atoms with van der Waals surface area (Å²) < 4.78 is 7.75. The summed E-state index contributed by atoms with van der Waals surface area (Å²) in [6.07, 6.45) is 3.18. The standard InChI is InChI=1S/C15H21NO/c1-12-5-6-14-13(11-12)7-9-16(14)10-8-15(2,3)17-4/h5-7,9,11H,8,10H2,1-4H3. The molecule has 0 atom stereocenters. The third kappa shape index (κ3) is 2.70. The van der Waals surface area contributed by atoms with Crippen LogP contribution in [-0.4, -0.2) is 17.3 Å². The highest BCUT2D eigenvalue weighted by Crippen LogP contribution is 2.20. The molecule has 0 saturated heterocycles. The molecule has 0 unspecified atom stereocenters. The van der Waals surface area contributed by atoms with Crippen LogP contribution in [0.1, 0.15) is 25.8 Å². The number of aromatic nitrogens is 1. The van der Waals surface area contributed by atoms with E-state index in [1.54, 1.807) is 7.11 Å². The minimum atomic E-state index is -0.0543. The predicted molar refractivity (Wildman–Crippen MR) is 72.4 cm³/mol. The Morgan fingerprint density at radius 1 is 1.24 bits per heavy atom. The number of fused-ring (bicyclic) bond motifs is 1. The Kier molecular flexibility index (Phi) is 3.25. The summed E-state index contributed by atoms with van der Waals surface area (Å²) in [5, 5.41) is 1.32. The molecule has 1 aromatic heterocycles. The van der Waals surface area contributed by atoms with Crippen molar-refractivity contribution in [3.63, 3.8) is 0 Å². The van der Waals surface area contributed by atoms with E-state index in [0.29, 0.717) is 0 Å². The maximum atomic E-state index is 5.45. The molecule has 92 valence electrons. The lowest BCUT2D eigenvalue weighted by atomic mass is 10.1. The van der Waals surface area contributed by atoms with Gasteiger partial charge in [-0.15, -0.1) is 0 Å². The summed E-state index contributed by atoms with van der Waals surface area (Å²) in [7, 11) is 1.77. The lowest BCUT2D eigenvalue weighted by Crippen LogP contribution is -2.24. The predicted octanol–water partition coefficient (Wildman–Crippen LogP) is 3.76. The summed E-state index contributed by atoms with van der Waals surface area (Å²) in [4.78, 5) is 0. The van der Waals surface area contributed by atoms with E-state index in [1.165, 1.54) is 16.5 Å². The van der Waals surface area contributed by atoms with Crippen molar-refractivity contribution in [2.45, 2.75) is 39.3 Å². The maximum absolute atomic E-state index is 5.45. The van der Waals surface area contributed by atoms with Crippen molar-refractivity contribution < 1.29 is 4.74 Å². The Bertz CT molecular complexity index is 511. The second-order valence-corrected chi connectivity index (χ2v) is 5.29. The molecule has 0 aliphatic carbocycles. The Balaban J connectivity index is 2.20. The molecule has 2 nitrogen and oxygen atoms in total. The van der Waals surface area contributed by atoms with Crippen LogP contribution in [-0.2, 0) is 11.3 Å². The number of ether oxygens (including phenoxy) is 1. The van der Waals surface area contributed by atoms with E-state index in [1.807, 2.05) is 0 Å². The molecule has 0 aliphatic rings. The lowest BCUT2D eigenvalue weighted by Gasteiger charge is -2.23. The number of hydrogen-bond acceptors (Lipinski definition) is 1.